The van der Waals surface area contributed by atoms with Crippen LogP contribution in [0.4, 0.5) is 0 Å². The summed E-state index contributed by atoms with van der Waals surface area (Å²) in [6.07, 6.45) is 1.27. The number of rotatable bonds is 6. The van der Waals surface area contributed by atoms with E-state index in [0.717, 1.165) is 10.4 Å². The van der Waals surface area contributed by atoms with Gasteiger partial charge in [0, 0.05) is 13.1 Å². The van der Waals surface area contributed by atoms with E-state index in [2.05, 4.69) is 15.5 Å². The molecule has 1 aliphatic rings. The third kappa shape index (κ3) is 4.45. The van der Waals surface area contributed by atoms with Gasteiger partial charge in [-0.3, -0.25) is 4.79 Å². The Morgan fingerprint density at radius 2 is 2.10 bits per heavy atom. The van der Waals surface area contributed by atoms with Crippen LogP contribution in [-0.2, 0) is 21.4 Å². The molecule has 2 aromatic heterocycles. The van der Waals surface area contributed by atoms with Gasteiger partial charge in [0.05, 0.1) is 22.2 Å². The monoisotopic (exact) mass is 446 g/mol. The number of thiophene rings is 1. The molecule has 1 saturated heterocycles. The summed E-state index contributed by atoms with van der Waals surface area (Å²) in [6, 6.07) is 10.6. The summed E-state index contributed by atoms with van der Waals surface area (Å²) in [5.74, 6) is 0.169. The smallest absolute Gasteiger partial charge is 0.246 e. The molecule has 8 nitrogen and oxygen atoms in total. The van der Waals surface area contributed by atoms with Crippen molar-refractivity contribution >= 4 is 27.3 Å². The Bertz CT molecular complexity index is 1110. The maximum atomic E-state index is 12.9. The highest BCUT2D eigenvalue weighted by atomic mass is 32.2. The standard InChI is InChI=1S/C20H22N4O4S2/c1-14-6-8-16(9-7-14)30(26,27)24-10-2-4-15(13-24)20(25)21-12-18-22-19(23-28-18)17-5-3-11-29-17/h3,5-9,11,15H,2,4,10,12-13H2,1H3,(H,21,25). The SMILES string of the molecule is Cc1ccc(S(=O)(=O)N2CCCC(C(=O)NCc3nc(-c4cccs4)no3)C2)cc1. The summed E-state index contributed by atoms with van der Waals surface area (Å²) in [5, 5.41) is 8.64. The molecular weight excluding hydrogens is 424 g/mol. The zero-order chi connectivity index (χ0) is 21.1. The van der Waals surface area contributed by atoms with Crippen LogP contribution in [0.25, 0.3) is 10.7 Å². The molecule has 10 heteroatoms. The van der Waals surface area contributed by atoms with Gasteiger partial charge in [0.1, 0.15) is 0 Å². The maximum absolute atomic E-state index is 12.9. The molecule has 1 aliphatic heterocycles. The predicted octanol–water partition coefficient (Wildman–Crippen LogP) is 2.82. The normalized spacial score (nSPS) is 17.7. The minimum Gasteiger partial charge on any atom is -0.347 e. The summed E-state index contributed by atoms with van der Waals surface area (Å²) in [7, 11) is -3.62. The van der Waals surface area contributed by atoms with Crippen LogP contribution in [0.3, 0.4) is 0 Å². The molecule has 0 bridgehead atoms. The number of carbonyl (C=O) groups excluding carboxylic acids is 1. The minimum atomic E-state index is -3.62. The number of piperidine rings is 1. The molecule has 1 unspecified atom stereocenters. The predicted molar refractivity (Wildman–Crippen MR) is 112 cm³/mol. The second kappa shape index (κ2) is 8.66. The molecule has 0 aliphatic carbocycles. The Balaban J connectivity index is 1.37. The average Bonchev–Trinajstić information content (AvgIpc) is 3.44. The molecular formula is C20H22N4O4S2. The van der Waals surface area contributed by atoms with Crippen LogP contribution in [0.5, 0.6) is 0 Å². The molecule has 1 atom stereocenters. The molecule has 0 radical (unpaired) electrons. The van der Waals surface area contributed by atoms with Gasteiger partial charge in [-0.1, -0.05) is 28.9 Å². The quantitative estimate of drug-likeness (QED) is 0.624. The van der Waals surface area contributed by atoms with Crippen molar-refractivity contribution in [1.29, 1.82) is 0 Å². The summed E-state index contributed by atoms with van der Waals surface area (Å²) in [6.45, 7) is 2.59. The lowest BCUT2D eigenvalue weighted by Crippen LogP contribution is -2.45. The van der Waals surface area contributed by atoms with Crippen molar-refractivity contribution in [2.75, 3.05) is 13.1 Å². The van der Waals surface area contributed by atoms with Crippen molar-refractivity contribution < 1.29 is 17.7 Å². The van der Waals surface area contributed by atoms with E-state index >= 15 is 0 Å². The van der Waals surface area contributed by atoms with Gasteiger partial charge in [-0.25, -0.2) is 8.42 Å². The van der Waals surface area contributed by atoms with Gasteiger partial charge in [-0.2, -0.15) is 9.29 Å². The van der Waals surface area contributed by atoms with Crippen LogP contribution < -0.4 is 5.32 Å². The Kier molecular flexibility index (Phi) is 5.98. The zero-order valence-corrected chi connectivity index (χ0v) is 18.1. The Morgan fingerprint density at radius 1 is 1.30 bits per heavy atom. The van der Waals surface area contributed by atoms with E-state index in [1.54, 1.807) is 24.3 Å². The van der Waals surface area contributed by atoms with Crippen molar-refractivity contribution in [3.63, 3.8) is 0 Å². The fraction of sp³-hybridized carbons (Fsp3) is 0.350. The van der Waals surface area contributed by atoms with Crippen LogP contribution in [0, 0.1) is 12.8 Å². The molecule has 1 fully saturated rings. The average molecular weight is 447 g/mol. The first kappa shape index (κ1) is 20.7. The molecule has 3 heterocycles. The fourth-order valence-electron chi connectivity index (χ4n) is 3.37. The van der Waals surface area contributed by atoms with E-state index in [0.29, 0.717) is 31.1 Å². The van der Waals surface area contributed by atoms with Gasteiger partial charge in [0.15, 0.2) is 0 Å². The number of carbonyl (C=O) groups is 1. The van der Waals surface area contributed by atoms with Gasteiger partial charge in [-0.05, 0) is 43.3 Å². The Labute approximate surface area is 179 Å². The lowest BCUT2D eigenvalue weighted by atomic mass is 9.99. The highest BCUT2D eigenvalue weighted by Gasteiger charge is 2.33. The Morgan fingerprint density at radius 3 is 2.83 bits per heavy atom. The van der Waals surface area contributed by atoms with Crippen molar-refractivity contribution in [3.05, 3.63) is 53.2 Å². The highest BCUT2D eigenvalue weighted by molar-refractivity contribution is 7.89. The number of nitrogens with one attached hydrogen (secondary N) is 1. The van der Waals surface area contributed by atoms with E-state index in [4.69, 9.17) is 4.52 Å². The van der Waals surface area contributed by atoms with Crippen molar-refractivity contribution in [2.24, 2.45) is 5.92 Å². The van der Waals surface area contributed by atoms with Gasteiger partial charge in [-0.15, -0.1) is 11.3 Å². The largest absolute Gasteiger partial charge is 0.347 e. The van der Waals surface area contributed by atoms with Gasteiger partial charge < -0.3 is 9.84 Å². The number of nitrogens with zero attached hydrogens (tertiary/aromatic N) is 3. The van der Waals surface area contributed by atoms with Crippen molar-refractivity contribution in [1.82, 2.24) is 19.8 Å². The topological polar surface area (TPSA) is 105 Å². The summed E-state index contributed by atoms with van der Waals surface area (Å²) < 4.78 is 32.4. The summed E-state index contributed by atoms with van der Waals surface area (Å²) >= 11 is 1.50. The van der Waals surface area contributed by atoms with Crippen LogP contribution in [0.2, 0.25) is 0 Å². The maximum Gasteiger partial charge on any atom is 0.246 e. The van der Waals surface area contributed by atoms with Crippen LogP contribution >= 0.6 is 11.3 Å². The lowest BCUT2D eigenvalue weighted by Gasteiger charge is -2.31. The molecule has 4 rings (SSSR count). The van der Waals surface area contributed by atoms with E-state index in [9.17, 15) is 13.2 Å². The van der Waals surface area contributed by atoms with E-state index in [-0.39, 0.29) is 23.9 Å². The number of benzene rings is 1. The van der Waals surface area contributed by atoms with Crippen LogP contribution in [-0.4, -0.2) is 41.9 Å². The van der Waals surface area contributed by atoms with Crippen LogP contribution in [0.15, 0.2) is 51.2 Å². The second-order valence-corrected chi connectivity index (χ2v) is 10.1. The molecule has 1 amide bonds. The lowest BCUT2D eigenvalue weighted by molar-refractivity contribution is -0.126. The molecule has 0 saturated carbocycles. The molecule has 3 aromatic rings. The first-order valence-electron chi connectivity index (χ1n) is 9.64. The fourth-order valence-corrected chi connectivity index (χ4v) is 5.55. The van der Waals surface area contributed by atoms with Crippen molar-refractivity contribution in [2.45, 2.75) is 31.2 Å². The molecule has 158 valence electrons. The molecule has 1 N–H and O–H groups in total. The number of hydrogen-bond donors (Lipinski definition) is 1. The third-order valence-corrected chi connectivity index (χ3v) is 7.78. The van der Waals surface area contributed by atoms with Gasteiger partial charge in [0.2, 0.25) is 27.6 Å². The van der Waals surface area contributed by atoms with Crippen molar-refractivity contribution in [3.8, 4) is 10.7 Å². The summed E-state index contributed by atoms with van der Waals surface area (Å²) in [5.41, 5.74) is 0.994. The van der Waals surface area contributed by atoms with E-state index in [1.165, 1.54) is 15.6 Å². The molecule has 1 aromatic carbocycles. The van der Waals surface area contributed by atoms with Gasteiger partial charge in [0.25, 0.3) is 0 Å². The van der Waals surface area contributed by atoms with E-state index < -0.39 is 15.9 Å². The summed E-state index contributed by atoms with van der Waals surface area (Å²) in [4.78, 5) is 18.1. The second-order valence-electron chi connectivity index (χ2n) is 7.22. The first-order valence-corrected chi connectivity index (χ1v) is 12.0. The zero-order valence-electron chi connectivity index (χ0n) is 16.4. The number of aromatic nitrogens is 2. The minimum absolute atomic E-state index is 0.110. The third-order valence-electron chi connectivity index (χ3n) is 5.04. The molecule has 30 heavy (non-hydrogen) atoms. The number of aryl methyl sites for hydroxylation is 1. The van der Waals surface area contributed by atoms with Gasteiger partial charge >= 0.3 is 0 Å². The number of sulfonamides is 1. The Hall–Kier alpha value is -2.56. The first-order chi connectivity index (χ1) is 14.4. The van der Waals surface area contributed by atoms with E-state index in [1.807, 2.05) is 24.4 Å². The number of hydrogen-bond acceptors (Lipinski definition) is 7. The van der Waals surface area contributed by atoms with Crippen LogP contribution in [0.1, 0.15) is 24.3 Å². The number of amides is 1. The molecule has 0 spiro atoms. The highest BCUT2D eigenvalue weighted by Crippen LogP contribution is 2.25.